The van der Waals surface area contributed by atoms with Gasteiger partial charge in [0.1, 0.15) is 0 Å². The molecule has 1 unspecified atom stereocenters. The van der Waals surface area contributed by atoms with Crippen molar-refractivity contribution in [2.24, 2.45) is 5.41 Å². The third-order valence-electron chi connectivity index (χ3n) is 7.32. The monoisotopic (exact) mass is 470 g/mol. The van der Waals surface area contributed by atoms with Gasteiger partial charge in [-0.3, -0.25) is 0 Å². The Bertz CT molecular complexity index is 1170. The summed E-state index contributed by atoms with van der Waals surface area (Å²) in [5.74, 6) is -1.55. The molecule has 35 heavy (non-hydrogen) atoms. The van der Waals surface area contributed by atoms with E-state index in [9.17, 15) is 0 Å². The Kier molecular flexibility index (Phi) is 8.33. The molecule has 0 spiro atoms. The quantitative estimate of drug-likeness (QED) is 0.259. The molecule has 0 aromatic heterocycles. The fourth-order valence-corrected chi connectivity index (χ4v) is 5.28. The van der Waals surface area contributed by atoms with E-state index in [0.717, 1.165) is 42.4 Å². The molecule has 0 N–H and O–H groups in total. The lowest BCUT2D eigenvalue weighted by molar-refractivity contribution is 0.307. The average molecular weight is 471 g/mol. The molecule has 0 saturated carbocycles. The van der Waals surface area contributed by atoms with E-state index in [1.54, 1.807) is 12.1 Å². The number of allylic oxidation sites excluding steroid dienone is 4. The summed E-state index contributed by atoms with van der Waals surface area (Å²) in [6.07, 6.45) is 15.7. The van der Waals surface area contributed by atoms with Gasteiger partial charge in [-0.1, -0.05) is 131 Å². The van der Waals surface area contributed by atoms with E-state index in [4.69, 9.17) is 0 Å². The predicted octanol–water partition coefficient (Wildman–Crippen LogP) is 10.4. The van der Waals surface area contributed by atoms with Crippen LogP contribution >= 0.6 is 0 Å². The van der Waals surface area contributed by atoms with E-state index in [2.05, 4.69) is 26.0 Å². The standard InChI is InChI=1S/C33H36F2/c1-3-5-6-10-22-33(21-4-2)23-19-28(20-24-33)30-18-17-29(31(34)32(30)35)27-15-13-26(14-16-27)25-11-8-7-9-12-25/h7-9,11-20,23H,3-6,10,21-22,24H2,1-2H3. The Labute approximate surface area is 209 Å². The van der Waals surface area contributed by atoms with Crippen LogP contribution in [0.25, 0.3) is 27.8 Å². The van der Waals surface area contributed by atoms with Crippen LogP contribution in [0.2, 0.25) is 0 Å². The molecular weight excluding hydrogens is 434 g/mol. The van der Waals surface area contributed by atoms with Crippen LogP contribution in [0.5, 0.6) is 0 Å². The van der Waals surface area contributed by atoms with Gasteiger partial charge in [0.2, 0.25) is 0 Å². The lowest BCUT2D eigenvalue weighted by atomic mass is 9.72. The van der Waals surface area contributed by atoms with Crippen LogP contribution < -0.4 is 0 Å². The molecule has 4 rings (SSSR count). The first-order valence-corrected chi connectivity index (χ1v) is 13.1. The molecular formula is C33H36F2. The molecule has 1 aliphatic carbocycles. The number of halogens is 2. The normalized spacial score (nSPS) is 17.4. The van der Waals surface area contributed by atoms with E-state index in [0.29, 0.717) is 16.7 Å². The van der Waals surface area contributed by atoms with Crippen molar-refractivity contribution in [2.45, 2.75) is 65.2 Å². The molecule has 0 saturated heterocycles. The van der Waals surface area contributed by atoms with Crippen molar-refractivity contribution >= 4 is 5.57 Å². The fourth-order valence-electron chi connectivity index (χ4n) is 5.28. The lowest BCUT2D eigenvalue weighted by Crippen LogP contribution is -2.19. The maximum atomic E-state index is 15.3. The van der Waals surface area contributed by atoms with Crippen LogP contribution in [0.1, 0.15) is 70.8 Å². The molecule has 0 nitrogen and oxygen atoms in total. The number of benzene rings is 3. The van der Waals surface area contributed by atoms with Crippen molar-refractivity contribution in [1.29, 1.82) is 0 Å². The number of hydrogen-bond acceptors (Lipinski definition) is 0. The molecule has 0 heterocycles. The van der Waals surface area contributed by atoms with Gasteiger partial charge in [-0.15, -0.1) is 0 Å². The summed E-state index contributed by atoms with van der Waals surface area (Å²) in [4.78, 5) is 0. The molecule has 2 heteroatoms. The summed E-state index contributed by atoms with van der Waals surface area (Å²) in [5.41, 5.74) is 4.40. The van der Waals surface area contributed by atoms with Gasteiger partial charge in [-0.25, -0.2) is 8.78 Å². The number of hydrogen-bond donors (Lipinski definition) is 0. The van der Waals surface area contributed by atoms with Gasteiger partial charge in [-0.2, -0.15) is 0 Å². The van der Waals surface area contributed by atoms with Crippen molar-refractivity contribution in [3.63, 3.8) is 0 Å². The van der Waals surface area contributed by atoms with Crippen molar-refractivity contribution in [3.8, 4) is 22.3 Å². The van der Waals surface area contributed by atoms with E-state index < -0.39 is 11.6 Å². The number of rotatable bonds is 10. The highest BCUT2D eigenvalue weighted by atomic mass is 19.2. The van der Waals surface area contributed by atoms with Gasteiger partial charge in [0.15, 0.2) is 11.6 Å². The second-order valence-corrected chi connectivity index (χ2v) is 9.85. The predicted molar refractivity (Wildman–Crippen MR) is 145 cm³/mol. The maximum absolute atomic E-state index is 15.3. The van der Waals surface area contributed by atoms with Gasteiger partial charge in [0, 0.05) is 11.1 Å². The SMILES string of the molecule is CCCCCCC1(CCC)C=CC(c2ccc(-c3ccc(-c4ccccc4)cc3)c(F)c2F)=CC1. The van der Waals surface area contributed by atoms with Crippen molar-refractivity contribution in [1.82, 2.24) is 0 Å². The largest absolute Gasteiger partial charge is 0.203 e. The highest BCUT2D eigenvalue weighted by Crippen LogP contribution is 2.42. The smallest absolute Gasteiger partial charge is 0.167 e. The van der Waals surface area contributed by atoms with Crippen molar-refractivity contribution < 1.29 is 8.78 Å². The lowest BCUT2D eigenvalue weighted by Gasteiger charge is -2.32. The molecule has 0 fully saturated rings. The summed E-state index contributed by atoms with van der Waals surface area (Å²) in [6.45, 7) is 4.46. The molecule has 0 amide bonds. The second kappa shape index (κ2) is 11.6. The first-order chi connectivity index (χ1) is 17.1. The van der Waals surface area contributed by atoms with Gasteiger partial charge in [0.05, 0.1) is 0 Å². The van der Waals surface area contributed by atoms with Crippen LogP contribution in [0.15, 0.2) is 85.0 Å². The fraction of sp³-hybridized carbons (Fsp3) is 0.333. The van der Waals surface area contributed by atoms with Crippen molar-refractivity contribution in [2.75, 3.05) is 0 Å². The zero-order valence-corrected chi connectivity index (χ0v) is 21.0. The van der Waals surface area contributed by atoms with E-state index >= 15 is 8.78 Å². The Morgan fingerprint density at radius 2 is 1.31 bits per heavy atom. The molecule has 3 aromatic carbocycles. The summed E-state index contributed by atoms with van der Waals surface area (Å²) in [5, 5.41) is 0. The van der Waals surface area contributed by atoms with Crippen LogP contribution in [-0.4, -0.2) is 0 Å². The summed E-state index contributed by atoms with van der Waals surface area (Å²) < 4.78 is 30.5. The first-order valence-electron chi connectivity index (χ1n) is 13.1. The molecule has 0 radical (unpaired) electrons. The van der Waals surface area contributed by atoms with E-state index in [-0.39, 0.29) is 5.41 Å². The van der Waals surface area contributed by atoms with E-state index in [1.807, 2.05) is 60.7 Å². The first kappa shape index (κ1) is 25.1. The van der Waals surface area contributed by atoms with E-state index in [1.165, 1.54) is 25.7 Å². The van der Waals surface area contributed by atoms with Crippen LogP contribution in [0, 0.1) is 17.0 Å². The molecule has 1 aliphatic rings. The molecule has 182 valence electrons. The van der Waals surface area contributed by atoms with Crippen LogP contribution in [-0.2, 0) is 0 Å². The zero-order valence-electron chi connectivity index (χ0n) is 21.0. The van der Waals surface area contributed by atoms with Gasteiger partial charge < -0.3 is 0 Å². The second-order valence-electron chi connectivity index (χ2n) is 9.85. The minimum absolute atomic E-state index is 0.154. The van der Waals surface area contributed by atoms with Gasteiger partial charge in [0.25, 0.3) is 0 Å². The molecule has 1 atom stereocenters. The molecule has 0 aliphatic heterocycles. The van der Waals surface area contributed by atoms with Crippen LogP contribution in [0.3, 0.4) is 0 Å². The maximum Gasteiger partial charge on any atom is 0.167 e. The average Bonchev–Trinajstić information content (AvgIpc) is 2.90. The summed E-state index contributed by atoms with van der Waals surface area (Å²) >= 11 is 0. The molecule has 3 aromatic rings. The van der Waals surface area contributed by atoms with Crippen LogP contribution in [0.4, 0.5) is 8.78 Å². The third-order valence-corrected chi connectivity index (χ3v) is 7.32. The molecule has 0 bridgehead atoms. The third kappa shape index (κ3) is 5.81. The summed E-state index contributed by atoms with van der Waals surface area (Å²) in [6, 6.07) is 21.1. The highest BCUT2D eigenvalue weighted by molar-refractivity contribution is 5.78. The highest BCUT2D eigenvalue weighted by Gasteiger charge is 2.28. The van der Waals surface area contributed by atoms with Crippen molar-refractivity contribution in [3.05, 3.63) is 102 Å². The van der Waals surface area contributed by atoms with Gasteiger partial charge >= 0.3 is 0 Å². The Hall–Kier alpha value is -3.00. The minimum Gasteiger partial charge on any atom is -0.203 e. The Morgan fingerprint density at radius 1 is 0.657 bits per heavy atom. The topological polar surface area (TPSA) is 0 Å². The Balaban J connectivity index is 1.53. The zero-order chi connectivity index (χ0) is 24.7. The van der Waals surface area contributed by atoms with Gasteiger partial charge in [-0.05, 0) is 46.9 Å². The number of unbranched alkanes of at least 4 members (excludes halogenated alkanes) is 3. The summed E-state index contributed by atoms with van der Waals surface area (Å²) in [7, 11) is 0. The Morgan fingerprint density at radius 3 is 1.97 bits per heavy atom. The minimum atomic E-state index is -0.783.